The molecule has 0 bridgehead atoms. The zero-order valence-electron chi connectivity index (χ0n) is 12.0. The highest BCUT2D eigenvalue weighted by Crippen LogP contribution is 2.33. The van der Waals surface area contributed by atoms with E-state index >= 15 is 0 Å². The molecule has 0 saturated heterocycles. The number of aliphatic hydroxyl groups is 1. The van der Waals surface area contributed by atoms with Gasteiger partial charge in [-0.05, 0) is 25.2 Å². The topological polar surface area (TPSA) is 58.6 Å². The van der Waals surface area contributed by atoms with Gasteiger partial charge in [0.25, 0.3) is 5.91 Å². The Hall–Kier alpha value is -2.07. The predicted octanol–water partition coefficient (Wildman–Crippen LogP) is 2.55. The number of hydrogen-bond acceptors (Lipinski definition) is 3. The van der Waals surface area contributed by atoms with E-state index in [9.17, 15) is 9.90 Å². The van der Waals surface area contributed by atoms with Crippen LogP contribution in [0.5, 0.6) is 5.75 Å². The predicted molar refractivity (Wildman–Crippen MR) is 81.2 cm³/mol. The molecule has 4 heteroatoms. The van der Waals surface area contributed by atoms with Gasteiger partial charge in [-0.3, -0.25) is 4.79 Å². The third-order valence-electron chi connectivity index (χ3n) is 3.65. The largest absolute Gasteiger partial charge is 0.483 e. The second-order valence-corrected chi connectivity index (χ2v) is 5.51. The summed E-state index contributed by atoms with van der Waals surface area (Å²) in [6.45, 7) is 1.67. The summed E-state index contributed by atoms with van der Waals surface area (Å²) in [7, 11) is 0. The molecule has 1 aliphatic rings. The molecule has 1 unspecified atom stereocenters. The van der Waals surface area contributed by atoms with Crippen molar-refractivity contribution in [2.24, 2.45) is 0 Å². The Balaban J connectivity index is 1.86. The molecule has 0 spiro atoms. The van der Waals surface area contributed by atoms with Gasteiger partial charge in [-0.1, -0.05) is 36.4 Å². The van der Waals surface area contributed by atoms with E-state index in [1.807, 2.05) is 36.4 Å². The van der Waals surface area contributed by atoms with Gasteiger partial charge in [-0.2, -0.15) is 0 Å². The van der Waals surface area contributed by atoms with Crippen LogP contribution in [-0.4, -0.2) is 23.7 Å². The summed E-state index contributed by atoms with van der Waals surface area (Å²) in [6.07, 6.45) is 1.47. The number of hydrogen-bond donors (Lipinski definition) is 2. The van der Waals surface area contributed by atoms with Crippen LogP contribution >= 0.6 is 0 Å². The molecule has 1 atom stereocenters. The first-order valence-electron chi connectivity index (χ1n) is 7.27. The summed E-state index contributed by atoms with van der Waals surface area (Å²) in [5, 5.41) is 14.7. The molecule has 4 nitrogen and oxygen atoms in total. The fourth-order valence-corrected chi connectivity index (χ4v) is 2.38. The van der Waals surface area contributed by atoms with E-state index in [0.717, 1.165) is 23.6 Å². The minimum absolute atomic E-state index is 0.0236. The summed E-state index contributed by atoms with van der Waals surface area (Å²) in [6, 6.07) is 11.9. The molecule has 2 N–H and O–H groups in total. The third kappa shape index (κ3) is 3.16. The first kappa shape index (κ1) is 13.9. The van der Waals surface area contributed by atoms with E-state index in [4.69, 9.17) is 4.74 Å². The molecule has 0 radical (unpaired) electrons. The first-order chi connectivity index (χ1) is 10.1. The van der Waals surface area contributed by atoms with Gasteiger partial charge >= 0.3 is 0 Å². The van der Waals surface area contributed by atoms with Gasteiger partial charge in [0.2, 0.25) is 0 Å². The maximum absolute atomic E-state index is 11.8. The number of rotatable bonds is 5. The molecule has 0 aliphatic heterocycles. The Morgan fingerprint density at radius 2 is 2.10 bits per heavy atom. The molecule has 21 heavy (non-hydrogen) atoms. The van der Waals surface area contributed by atoms with Crippen molar-refractivity contribution in [3.8, 4) is 5.75 Å². The second kappa shape index (κ2) is 5.74. The van der Waals surface area contributed by atoms with Crippen molar-refractivity contribution in [2.45, 2.75) is 31.9 Å². The SMILES string of the molecule is CC(O)c1ccc2ccccc2c1OCC(=O)NC1CC1. The lowest BCUT2D eigenvalue weighted by atomic mass is 10.0. The molecule has 2 aromatic rings. The summed E-state index contributed by atoms with van der Waals surface area (Å²) in [4.78, 5) is 11.8. The number of carbonyl (C=O) groups is 1. The number of amides is 1. The third-order valence-corrected chi connectivity index (χ3v) is 3.65. The lowest BCUT2D eigenvalue weighted by molar-refractivity contribution is -0.123. The second-order valence-electron chi connectivity index (χ2n) is 5.51. The van der Waals surface area contributed by atoms with Crippen molar-refractivity contribution in [1.29, 1.82) is 0 Å². The molecule has 1 saturated carbocycles. The summed E-state index contributed by atoms with van der Waals surface area (Å²) < 4.78 is 5.73. The maximum atomic E-state index is 11.8. The van der Waals surface area contributed by atoms with E-state index < -0.39 is 6.10 Å². The zero-order valence-corrected chi connectivity index (χ0v) is 12.0. The van der Waals surface area contributed by atoms with Crippen molar-refractivity contribution in [1.82, 2.24) is 5.32 Å². The number of aliphatic hydroxyl groups excluding tert-OH is 1. The van der Waals surface area contributed by atoms with Gasteiger partial charge in [0, 0.05) is 17.0 Å². The molecule has 1 aliphatic carbocycles. The molecule has 3 rings (SSSR count). The van der Waals surface area contributed by atoms with Crippen LogP contribution in [-0.2, 0) is 4.79 Å². The summed E-state index contributed by atoms with van der Waals surface area (Å²) in [5.74, 6) is 0.482. The van der Waals surface area contributed by atoms with Crippen molar-refractivity contribution < 1.29 is 14.6 Å². The number of benzene rings is 2. The van der Waals surface area contributed by atoms with Crippen LogP contribution in [0.3, 0.4) is 0 Å². The zero-order chi connectivity index (χ0) is 14.8. The van der Waals surface area contributed by atoms with Gasteiger partial charge in [0.1, 0.15) is 5.75 Å². The van der Waals surface area contributed by atoms with Crippen molar-refractivity contribution in [3.63, 3.8) is 0 Å². The molecule has 1 amide bonds. The number of ether oxygens (including phenoxy) is 1. The number of fused-ring (bicyclic) bond motifs is 1. The fourth-order valence-electron chi connectivity index (χ4n) is 2.38. The molecule has 110 valence electrons. The van der Waals surface area contributed by atoms with Crippen LogP contribution < -0.4 is 10.1 Å². The molecule has 2 aromatic carbocycles. The average molecular weight is 285 g/mol. The molecule has 0 aromatic heterocycles. The lowest BCUT2D eigenvalue weighted by Crippen LogP contribution is -2.30. The normalized spacial score (nSPS) is 15.7. The quantitative estimate of drug-likeness (QED) is 0.887. The van der Waals surface area contributed by atoms with E-state index in [-0.39, 0.29) is 12.5 Å². The van der Waals surface area contributed by atoms with Crippen molar-refractivity contribution in [2.75, 3.05) is 6.61 Å². The highest BCUT2D eigenvalue weighted by atomic mass is 16.5. The van der Waals surface area contributed by atoms with Crippen LogP contribution in [0.4, 0.5) is 0 Å². The maximum Gasteiger partial charge on any atom is 0.258 e. The van der Waals surface area contributed by atoms with E-state index in [2.05, 4.69) is 5.32 Å². The first-order valence-corrected chi connectivity index (χ1v) is 7.27. The van der Waals surface area contributed by atoms with Crippen LogP contribution in [0.2, 0.25) is 0 Å². The van der Waals surface area contributed by atoms with Crippen LogP contribution in [0, 0.1) is 0 Å². The minimum Gasteiger partial charge on any atom is -0.483 e. The minimum atomic E-state index is -0.643. The van der Waals surface area contributed by atoms with Gasteiger partial charge in [-0.25, -0.2) is 0 Å². The van der Waals surface area contributed by atoms with Crippen molar-refractivity contribution in [3.05, 3.63) is 42.0 Å². The summed E-state index contributed by atoms with van der Waals surface area (Å²) in [5.41, 5.74) is 0.702. The molecular weight excluding hydrogens is 266 g/mol. The smallest absolute Gasteiger partial charge is 0.258 e. The molecule has 0 heterocycles. The van der Waals surface area contributed by atoms with Crippen LogP contribution in [0.15, 0.2) is 36.4 Å². The highest BCUT2D eigenvalue weighted by Gasteiger charge is 2.23. The number of nitrogens with one attached hydrogen (secondary N) is 1. The Labute approximate surface area is 123 Å². The molecule has 1 fully saturated rings. The summed E-state index contributed by atoms with van der Waals surface area (Å²) >= 11 is 0. The van der Waals surface area contributed by atoms with Gasteiger partial charge in [0.05, 0.1) is 6.10 Å². The fraction of sp³-hybridized carbons (Fsp3) is 0.353. The van der Waals surface area contributed by atoms with E-state index in [0.29, 0.717) is 17.4 Å². The van der Waals surface area contributed by atoms with E-state index in [1.54, 1.807) is 6.92 Å². The van der Waals surface area contributed by atoms with E-state index in [1.165, 1.54) is 0 Å². The Morgan fingerprint density at radius 3 is 2.81 bits per heavy atom. The Bertz CT molecular complexity index is 662. The van der Waals surface area contributed by atoms with Crippen LogP contribution in [0.1, 0.15) is 31.4 Å². The Morgan fingerprint density at radius 1 is 1.33 bits per heavy atom. The highest BCUT2D eigenvalue weighted by molar-refractivity contribution is 5.90. The lowest BCUT2D eigenvalue weighted by Gasteiger charge is -2.16. The molecular formula is C17H19NO3. The van der Waals surface area contributed by atoms with Gasteiger partial charge in [0.15, 0.2) is 6.61 Å². The Kier molecular flexibility index (Phi) is 3.80. The number of carbonyl (C=O) groups excluding carboxylic acids is 1. The van der Waals surface area contributed by atoms with Gasteiger partial charge in [-0.15, -0.1) is 0 Å². The van der Waals surface area contributed by atoms with Crippen LogP contribution in [0.25, 0.3) is 10.8 Å². The monoisotopic (exact) mass is 285 g/mol. The van der Waals surface area contributed by atoms with Gasteiger partial charge < -0.3 is 15.2 Å². The van der Waals surface area contributed by atoms with Crippen molar-refractivity contribution >= 4 is 16.7 Å². The standard InChI is InChI=1S/C17H19NO3/c1-11(19)14-9-6-12-4-2-3-5-15(12)17(14)21-10-16(20)18-13-7-8-13/h2-6,9,11,13,19H,7-8,10H2,1H3,(H,18,20). The average Bonchev–Trinajstić information content (AvgIpc) is 3.28.